The van der Waals surface area contributed by atoms with Crippen molar-refractivity contribution < 1.29 is 27.8 Å². The normalized spacial score (nSPS) is 11.4. The summed E-state index contributed by atoms with van der Waals surface area (Å²) in [5.74, 6) is 0.152. The first-order valence-electron chi connectivity index (χ1n) is 8.13. The van der Waals surface area contributed by atoms with Crippen molar-refractivity contribution >= 4 is 29.7 Å². The van der Waals surface area contributed by atoms with E-state index in [9.17, 15) is 23.1 Å². The Kier molecular flexibility index (Phi) is 7.10. The summed E-state index contributed by atoms with van der Waals surface area (Å²) in [4.78, 5) is 15.5. The maximum absolute atomic E-state index is 12.7. The summed E-state index contributed by atoms with van der Waals surface area (Å²) in [5, 5.41) is 14.1. The van der Waals surface area contributed by atoms with Crippen molar-refractivity contribution in [3.8, 4) is 11.5 Å². The van der Waals surface area contributed by atoms with Crippen LogP contribution in [0.5, 0.6) is 11.5 Å². The number of aromatic hydroxyl groups is 1. The summed E-state index contributed by atoms with van der Waals surface area (Å²) in [6.45, 7) is 2.13. The van der Waals surface area contributed by atoms with Crippen molar-refractivity contribution in [1.29, 1.82) is 0 Å². The topological polar surface area (TPSA) is 99.1 Å². The van der Waals surface area contributed by atoms with Crippen LogP contribution in [-0.2, 0) is 6.18 Å². The van der Waals surface area contributed by atoms with Gasteiger partial charge in [0, 0.05) is 13.2 Å². The van der Waals surface area contributed by atoms with E-state index in [1.54, 1.807) is 13.0 Å². The first-order chi connectivity index (χ1) is 13.6. The number of amides is 2. The van der Waals surface area contributed by atoms with Gasteiger partial charge in [-0.15, -0.1) is 0 Å². The molecule has 0 radical (unpaired) electrons. The van der Waals surface area contributed by atoms with E-state index < -0.39 is 17.8 Å². The van der Waals surface area contributed by atoms with Gasteiger partial charge in [-0.05, 0) is 36.8 Å². The highest BCUT2D eigenvalue weighted by Gasteiger charge is 2.32. The molecular weight excluding hydrogens is 415 g/mol. The first kappa shape index (κ1) is 22.1. The highest BCUT2D eigenvalue weighted by Crippen LogP contribution is 2.32. The van der Waals surface area contributed by atoms with Crippen LogP contribution in [0.4, 0.5) is 23.8 Å². The number of rotatable bonds is 6. The number of hydrogen-bond donors (Lipinski definition) is 3. The molecule has 0 bridgehead atoms. The summed E-state index contributed by atoms with van der Waals surface area (Å²) >= 11 is 5.81. The average molecular weight is 432 g/mol. The van der Waals surface area contributed by atoms with Gasteiger partial charge in [0.15, 0.2) is 17.3 Å². The molecule has 1 heterocycles. The number of nitrogens with one attached hydrogen (secondary N) is 2. The van der Waals surface area contributed by atoms with Gasteiger partial charge in [0.1, 0.15) is 0 Å². The third kappa shape index (κ3) is 6.14. The Morgan fingerprint density at radius 1 is 1.41 bits per heavy atom. The second kappa shape index (κ2) is 9.32. The molecule has 0 saturated heterocycles. The second-order valence-electron chi connectivity index (χ2n) is 5.56. The lowest BCUT2D eigenvalue weighted by atomic mass is 10.2. The number of anilines is 1. The van der Waals surface area contributed by atoms with E-state index in [-0.39, 0.29) is 22.3 Å². The molecule has 0 atom stereocenters. The van der Waals surface area contributed by atoms with Gasteiger partial charge in [-0.25, -0.2) is 20.6 Å². The van der Waals surface area contributed by atoms with E-state index in [1.807, 2.05) is 0 Å². The summed E-state index contributed by atoms with van der Waals surface area (Å²) < 4.78 is 43.2. The molecule has 0 fully saturated rings. The lowest BCUT2D eigenvalue weighted by molar-refractivity contribution is -0.137. The molecule has 156 valence electrons. The van der Waals surface area contributed by atoms with Gasteiger partial charge in [0.05, 0.1) is 23.4 Å². The standard InChI is InChI=1S/C17H17ClF3N5O3/c1-3-29-14-6-10(4-5-13(14)27)8-23-24-16(28)25-26(2)15-12(18)7-11(9-22-15)17(19,20)21/h4-9,27H,3H2,1-2H3,(H2,24,25,28)/b23-8-. The molecule has 0 aliphatic carbocycles. The van der Waals surface area contributed by atoms with E-state index in [0.29, 0.717) is 24.4 Å². The van der Waals surface area contributed by atoms with Crippen LogP contribution in [0.1, 0.15) is 18.1 Å². The molecule has 8 nitrogen and oxygen atoms in total. The molecule has 2 aromatic rings. The number of aromatic nitrogens is 1. The number of urea groups is 1. The maximum Gasteiger partial charge on any atom is 0.417 e. The molecule has 0 unspecified atom stereocenters. The third-order valence-electron chi connectivity index (χ3n) is 3.40. The number of phenols is 1. The number of benzene rings is 1. The van der Waals surface area contributed by atoms with Gasteiger partial charge in [-0.2, -0.15) is 18.3 Å². The Balaban J connectivity index is 1.97. The Bertz CT molecular complexity index is 908. The van der Waals surface area contributed by atoms with E-state index in [4.69, 9.17) is 16.3 Å². The summed E-state index contributed by atoms with van der Waals surface area (Å²) in [6.07, 6.45) is -2.66. The van der Waals surface area contributed by atoms with Crippen LogP contribution in [-0.4, -0.2) is 36.0 Å². The summed E-state index contributed by atoms with van der Waals surface area (Å²) in [7, 11) is 1.35. The number of halogens is 4. The van der Waals surface area contributed by atoms with E-state index in [0.717, 1.165) is 5.01 Å². The van der Waals surface area contributed by atoms with Crippen LogP contribution in [0.2, 0.25) is 5.02 Å². The van der Waals surface area contributed by atoms with Crippen LogP contribution in [0.25, 0.3) is 0 Å². The van der Waals surface area contributed by atoms with Crippen molar-refractivity contribution in [2.24, 2.45) is 5.10 Å². The van der Waals surface area contributed by atoms with Crippen LogP contribution < -0.4 is 20.6 Å². The molecule has 1 aromatic heterocycles. The van der Waals surface area contributed by atoms with Crippen molar-refractivity contribution in [2.75, 3.05) is 18.7 Å². The lowest BCUT2D eigenvalue weighted by Crippen LogP contribution is -2.44. The molecule has 0 spiro atoms. The minimum atomic E-state index is -4.58. The molecule has 2 amide bonds. The fourth-order valence-corrected chi connectivity index (χ4v) is 2.40. The Labute approximate surface area is 168 Å². The summed E-state index contributed by atoms with van der Waals surface area (Å²) in [6, 6.07) is 4.42. The molecule has 0 aliphatic rings. The molecule has 12 heteroatoms. The predicted molar refractivity (Wildman–Crippen MR) is 101 cm³/mol. The van der Waals surface area contributed by atoms with E-state index >= 15 is 0 Å². The quantitative estimate of drug-likeness (QED) is 0.480. The highest BCUT2D eigenvalue weighted by molar-refractivity contribution is 6.33. The number of alkyl halides is 3. The molecule has 0 aliphatic heterocycles. The minimum absolute atomic E-state index is 0.0303. The zero-order valence-electron chi connectivity index (χ0n) is 15.3. The fourth-order valence-electron chi connectivity index (χ4n) is 2.11. The number of nitrogens with zero attached hydrogens (tertiary/aromatic N) is 3. The Hall–Kier alpha value is -3.21. The average Bonchev–Trinajstić information content (AvgIpc) is 2.63. The van der Waals surface area contributed by atoms with Gasteiger partial charge in [-0.3, -0.25) is 5.01 Å². The van der Waals surface area contributed by atoms with Crippen molar-refractivity contribution in [3.05, 3.63) is 46.6 Å². The van der Waals surface area contributed by atoms with Gasteiger partial charge >= 0.3 is 12.2 Å². The number of hydrazine groups is 1. The van der Waals surface area contributed by atoms with Gasteiger partial charge in [0.25, 0.3) is 0 Å². The number of ether oxygens (including phenoxy) is 1. The van der Waals surface area contributed by atoms with E-state index in [2.05, 4.69) is 20.9 Å². The molecule has 0 saturated carbocycles. The molecule has 1 aromatic carbocycles. The molecule has 2 rings (SSSR count). The number of carbonyl (C=O) groups is 1. The lowest BCUT2D eigenvalue weighted by Gasteiger charge is -2.20. The van der Waals surface area contributed by atoms with Crippen LogP contribution in [0, 0.1) is 0 Å². The van der Waals surface area contributed by atoms with Gasteiger partial charge < -0.3 is 9.84 Å². The third-order valence-corrected chi connectivity index (χ3v) is 3.68. The van der Waals surface area contributed by atoms with E-state index in [1.165, 1.54) is 25.4 Å². The van der Waals surface area contributed by atoms with Gasteiger partial charge in [-0.1, -0.05) is 11.6 Å². The number of phenolic OH excluding ortho intramolecular Hbond substituents is 1. The molecular formula is C17H17ClF3N5O3. The van der Waals surface area contributed by atoms with Crippen molar-refractivity contribution in [3.63, 3.8) is 0 Å². The summed E-state index contributed by atoms with van der Waals surface area (Å²) in [5.41, 5.74) is 4.02. The van der Waals surface area contributed by atoms with Crippen LogP contribution in [0.15, 0.2) is 35.6 Å². The number of carbonyl (C=O) groups excluding carboxylic acids is 1. The highest BCUT2D eigenvalue weighted by atomic mass is 35.5. The SMILES string of the molecule is CCOc1cc(/C=N\NC(=O)NN(C)c2ncc(C(F)(F)F)cc2Cl)ccc1O. The van der Waals surface area contributed by atoms with Crippen LogP contribution in [0.3, 0.4) is 0 Å². The van der Waals surface area contributed by atoms with Crippen LogP contribution >= 0.6 is 11.6 Å². The smallest absolute Gasteiger partial charge is 0.417 e. The van der Waals surface area contributed by atoms with Crippen molar-refractivity contribution in [1.82, 2.24) is 15.8 Å². The molecule has 29 heavy (non-hydrogen) atoms. The second-order valence-corrected chi connectivity index (χ2v) is 5.96. The zero-order valence-corrected chi connectivity index (χ0v) is 16.0. The minimum Gasteiger partial charge on any atom is -0.504 e. The van der Waals surface area contributed by atoms with Gasteiger partial charge in [0.2, 0.25) is 0 Å². The predicted octanol–water partition coefficient (Wildman–Crippen LogP) is 3.54. The zero-order chi connectivity index (χ0) is 21.6. The Morgan fingerprint density at radius 3 is 2.76 bits per heavy atom. The first-order valence-corrected chi connectivity index (χ1v) is 8.51. The number of pyridine rings is 1. The Morgan fingerprint density at radius 2 is 2.14 bits per heavy atom. The fraction of sp³-hybridized carbons (Fsp3) is 0.235. The number of hydrazone groups is 1. The maximum atomic E-state index is 12.7. The monoisotopic (exact) mass is 431 g/mol. The number of hydrogen-bond acceptors (Lipinski definition) is 6. The van der Waals surface area contributed by atoms with Crippen molar-refractivity contribution in [2.45, 2.75) is 13.1 Å². The largest absolute Gasteiger partial charge is 0.504 e. The molecule has 3 N–H and O–H groups in total.